The molecule has 0 fully saturated rings. The number of hydrogen-bond acceptors (Lipinski definition) is 2. The second-order valence-corrected chi connectivity index (χ2v) is 4.43. The van der Waals surface area contributed by atoms with Crippen LogP contribution in [0.5, 0.6) is 0 Å². The molecule has 4 nitrogen and oxygen atoms in total. The number of carbonyl (C=O) groups is 1. The molecule has 2 rings (SSSR count). The Morgan fingerprint density at radius 1 is 1.44 bits per heavy atom. The van der Waals surface area contributed by atoms with Gasteiger partial charge in [-0.25, -0.2) is 4.98 Å². The number of benzene rings is 1. The quantitative estimate of drug-likeness (QED) is 0.898. The van der Waals surface area contributed by atoms with Crippen molar-refractivity contribution in [3.8, 4) is 0 Å². The fourth-order valence-electron chi connectivity index (χ4n) is 2.25. The van der Waals surface area contributed by atoms with Gasteiger partial charge in [-0.15, -0.1) is 0 Å². The third kappa shape index (κ3) is 2.10. The second kappa shape index (κ2) is 5.21. The third-order valence-electron chi connectivity index (χ3n) is 3.16. The number of rotatable bonds is 4. The van der Waals surface area contributed by atoms with E-state index in [1.165, 1.54) is 0 Å². The highest BCUT2D eigenvalue weighted by atomic mass is 16.2. The normalized spacial score (nSPS) is 12.6. The van der Waals surface area contributed by atoms with Gasteiger partial charge in [0.25, 0.3) is 0 Å². The van der Waals surface area contributed by atoms with E-state index in [1.807, 2.05) is 35.8 Å². The van der Waals surface area contributed by atoms with E-state index >= 15 is 0 Å². The Kier molecular flexibility index (Phi) is 3.65. The Morgan fingerprint density at radius 3 is 2.83 bits per heavy atom. The van der Waals surface area contributed by atoms with Crippen molar-refractivity contribution in [1.29, 1.82) is 0 Å². The summed E-state index contributed by atoms with van der Waals surface area (Å²) in [6.45, 7) is 4.03. The van der Waals surface area contributed by atoms with Gasteiger partial charge in [0.05, 0.1) is 11.0 Å². The zero-order valence-corrected chi connectivity index (χ0v) is 11.1. The molecular weight excluding hydrogens is 226 g/mol. The molecule has 0 radical (unpaired) electrons. The molecule has 0 spiro atoms. The van der Waals surface area contributed by atoms with E-state index in [9.17, 15) is 4.79 Å². The minimum absolute atomic E-state index is 0.00973. The number of carbonyl (C=O) groups excluding carboxylic acids is 1. The van der Waals surface area contributed by atoms with Crippen molar-refractivity contribution < 1.29 is 4.79 Å². The first-order valence-electron chi connectivity index (χ1n) is 6.36. The summed E-state index contributed by atoms with van der Waals surface area (Å²) in [5.74, 6) is 0.991. The lowest BCUT2D eigenvalue weighted by Gasteiger charge is -2.15. The van der Waals surface area contributed by atoms with Gasteiger partial charge in [-0.3, -0.25) is 4.79 Å². The van der Waals surface area contributed by atoms with Gasteiger partial charge in [0.1, 0.15) is 11.9 Å². The average molecular weight is 245 g/mol. The molecule has 2 aromatic rings. The van der Waals surface area contributed by atoms with E-state index in [0.29, 0.717) is 0 Å². The summed E-state index contributed by atoms with van der Waals surface area (Å²) in [5.41, 5.74) is 1.98. The zero-order valence-electron chi connectivity index (χ0n) is 11.1. The molecular formula is C14H19N3O. The largest absolute Gasteiger partial charge is 0.357 e. The van der Waals surface area contributed by atoms with Crippen LogP contribution in [0.4, 0.5) is 0 Å². The molecule has 0 aliphatic heterocycles. The summed E-state index contributed by atoms with van der Waals surface area (Å²) in [5, 5.41) is 2.70. The van der Waals surface area contributed by atoms with Gasteiger partial charge >= 0.3 is 0 Å². The van der Waals surface area contributed by atoms with Gasteiger partial charge in [0, 0.05) is 13.5 Å². The highest BCUT2D eigenvalue weighted by molar-refractivity contribution is 5.83. The van der Waals surface area contributed by atoms with Gasteiger partial charge in [-0.2, -0.15) is 0 Å². The number of nitrogens with one attached hydrogen (secondary N) is 1. The van der Waals surface area contributed by atoms with Gasteiger partial charge in [-0.1, -0.05) is 19.1 Å². The zero-order chi connectivity index (χ0) is 13.1. The van der Waals surface area contributed by atoms with Crippen LogP contribution < -0.4 is 5.32 Å². The highest BCUT2D eigenvalue weighted by Gasteiger charge is 2.19. The Morgan fingerprint density at radius 2 is 2.17 bits per heavy atom. The fraction of sp³-hybridized carbons (Fsp3) is 0.429. The molecule has 0 aliphatic carbocycles. The van der Waals surface area contributed by atoms with Crippen molar-refractivity contribution in [2.75, 3.05) is 7.05 Å². The molecule has 1 aromatic carbocycles. The standard InChI is InChI=1S/C14H19N3O/c1-4-7-13-16-11-8-5-6-9-12(11)17(13)10(2)14(18)15-3/h5-6,8-10H,4,7H2,1-3H3,(H,15,18). The van der Waals surface area contributed by atoms with Crippen LogP contribution in [0.25, 0.3) is 11.0 Å². The number of fused-ring (bicyclic) bond motifs is 1. The van der Waals surface area contributed by atoms with Gasteiger partial charge in [0.2, 0.25) is 5.91 Å². The maximum absolute atomic E-state index is 11.9. The number of imidazole rings is 1. The molecule has 0 saturated heterocycles. The van der Waals surface area contributed by atoms with Crippen molar-refractivity contribution in [2.45, 2.75) is 32.7 Å². The number of amides is 1. The SMILES string of the molecule is CCCc1nc2ccccc2n1C(C)C(=O)NC. The molecule has 1 N–H and O–H groups in total. The Bertz CT molecular complexity index is 559. The first-order valence-corrected chi connectivity index (χ1v) is 6.36. The molecule has 4 heteroatoms. The van der Waals surface area contributed by atoms with Crippen LogP contribution in [-0.4, -0.2) is 22.5 Å². The van der Waals surface area contributed by atoms with Crippen molar-refractivity contribution in [3.05, 3.63) is 30.1 Å². The second-order valence-electron chi connectivity index (χ2n) is 4.43. The van der Waals surface area contributed by atoms with E-state index in [1.54, 1.807) is 7.05 Å². The number of likely N-dealkylation sites (N-methyl/N-ethyl adjacent to an activating group) is 1. The maximum atomic E-state index is 11.9. The highest BCUT2D eigenvalue weighted by Crippen LogP contribution is 2.22. The van der Waals surface area contributed by atoms with Gasteiger partial charge in [0.15, 0.2) is 0 Å². The Hall–Kier alpha value is -1.84. The summed E-state index contributed by atoms with van der Waals surface area (Å²) in [6.07, 6.45) is 1.90. The Balaban J connectivity index is 2.57. The lowest BCUT2D eigenvalue weighted by atomic mass is 10.2. The van der Waals surface area contributed by atoms with Crippen LogP contribution in [0.2, 0.25) is 0 Å². The summed E-state index contributed by atoms with van der Waals surface area (Å²) in [6, 6.07) is 7.72. The molecule has 0 bridgehead atoms. The van der Waals surface area contributed by atoms with Crippen molar-refractivity contribution in [3.63, 3.8) is 0 Å². The molecule has 0 saturated carbocycles. The maximum Gasteiger partial charge on any atom is 0.242 e. The third-order valence-corrected chi connectivity index (χ3v) is 3.16. The fourth-order valence-corrected chi connectivity index (χ4v) is 2.25. The first kappa shape index (κ1) is 12.6. The molecule has 1 aromatic heterocycles. The lowest BCUT2D eigenvalue weighted by molar-refractivity contribution is -0.123. The molecule has 1 heterocycles. The van der Waals surface area contributed by atoms with Crippen LogP contribution in [0.1, 0.15) is 32.1 Å². The lowest BCUT2D eigenvalue weighted by Crippen LogP contribution is -2.28. The van der Waals surface area contributed by atoms with Crippen LogP contribution >= 0.6 is 0 Å². The van der Waals surface area contributed by atoms with Gasteiger partial charge < -0.3 is 9.88 Å². The number of nitrogens with zero attached hydrogens (tertiary/aromatic N) is 2. The van der Waals surface area contributed by atoms with E-state index in [2.05, 4.69) is 17.2 Å². The molecule has 1 unspecified atom stereocenters. The first-order chi connectivity index (χ1) is 8.69. The van der Waals surface area contributed by atoms with E-state index in [-0.39, 0.29) is 11.9 Å². The molecule has 1 amide bonds. The van der Waals surface area contributed by atoms with Crippen molar-refractivity contribution >= 4 is 16.9 Å². The molecule has 0 aliphatic rings. The van der Waals surface area contributed by atoms with Crippen LogP contribution in [0.3, 0.4) is 0 Å². The average Bonchev–Trinajstić information content (AvgIpc) is 2.75. The van der Waals surface area contributed by atoms with Crippen LogP contribution in [0, 0.1) is 0 Å². The number of para-hydroxylation sites is 2. The summed E-state index contributed by atoms with van der Waals surface area (Å²) in [7, 11) is 1.66. The topological polar surface area (TPSA) is 46.9 Å². The smallest absolute Gasteiger partial charge is 0.242 e. The van der Waals surface area contributed by atoms with E-state index in [4.69, 9.17) is 0 Å². The monoisotopic (exact) mass is 245 g/mol. The summed E-state index contributed by atoms with van der Waals surface area (Å²) < 4.78 is 2.04. The van der Waals surface area contributed by atoms with E-state index in [0.717, 1.165) is 29.7 Å². The van der Waals surface area contributed by atoms with Crippen LogP contribution in [-0.2, 0) is 11.2 Å². The van der Waals surface area contributed by atoms with Crippen LogP contribution in [0.15, 0.2) is 24.3 Å². The number of aryl methyl sites for hydroxylation is 1. The minimum Gasteiger partial charge on any atom is -0.357 e. The predicted molar refractivity (Wildman–Crippen MR) is 72.5 cm³/mol. The van der Waals surface area contributed by atoms with E-state index < -0.39 is 0 Å². The molecule has 1 atom stereocenters. The van der Waals surface area contributed by atoms with Gasteiger partial charge in [-0.05, 0) is 25.5 Å². The predicted octanol–water partition coefficient (Wildman–Crippen LogP) is 2.30. The Labute approximate surface area is 107 Å². The summed E-state index contributed by atoms with van der Waals surface area (Å²) >= 11 is 0. The number of hydrogen-bond donors (Lipinski definition) is 1. The van der Waals surface area contributed by atoms with Crippen molar-refractivity contribution in [1.82, 2.24) is 14.9 Å². The molecule has 18 heavy (non-hydrogen) atoms. The number of aromatic nitrogens is 2. The minimum atomic E-state index is -0.232. The summed E-state index contributed by atoms with van der Waals surface area (Å²) in [4.78, 5) is 16.5. The molecule has 96 valence electrons. The van der Waals surface area contributed by atoms with Crippen molar-refractivity contribution in [2.24, 2.45) is 0 Å².